The molecule has 0 fully saturated rings. The van der Waals surface area contributed by atoms with E-state index in [4.69, 9.17) is 5.73 Å². The summed E-state index contributed by atoms with van der Waals surface area (Å²) in [5, 5.41) is 0. The van der Waals surface area contributed by atoms with Crippen molar-refractivity contribution in [2.75, 3.05) is 5.73 Å². The van der Waals surface area contributed by atoms with E-state index in [1.54, 1.807) is 0 Å². The molecule has 1 heterocycles. The number of rotatable bonds is 3. The van der Waals surface area contributed by atoms with Crippen LogP contribution in [0.1, 0.15) is 16.8 Å². The van der Waals surface area contributed by atoms with Crippen molar-refractivity contribution in [3.05, 3.63) is 69.7 Å². The van der Waals surface area contributed by atoms with E-state index in [2.05, 4.69) is 74.7 Å². The molecule has 6 heteroatoms. The molecule has 1 radical (unpaired) electrons. The molecule has 0 saturated carbocycles. The van der Waals surface area contributed by atoms with E-state index in [1.165, 1.54) is 11.1 Å². The molecule has 2 aromatic carbocycles. The van der Waals surface area contributed by atoms with Crippen molar-refractivity contribution in [3.8, 4) is 5.69 Å². The Kier molecular flexibility index (Phi) is 5.16. The Morgan fingerprint density at radius 1 is 0.960 bits per heavy atom. The summed E-state index contributed by atoms with van der Waals surface area (Å²) in [4.78, 5) is 4.69. The van der Waals surface area contributed by atoms with Crippen LogP contribution in [0.4, 0.5) is 11.5 Å². The second-order valence-corrected chi connectivity index (χ2v) is 7.58. The third-order valence-corrected chi connectivity index (χ3v) is 5.61. The van der Waals surface area contributed by atoms with Crippen LogP contribution >= 0.6 is 0 Å². The predicted octanol–water partition coefficient (Wildman–Crippen LogP) is 2.96. The summed E-state index contributed by atoms with van der Waals surface area (Å²) < 4.78 is 5.68. The predicted molar refractivity (Wildman–Crippen MR) is 106 cm³/mol. The molecule has 3 aromatic rings. The number of nitrogens with two attached hydrogens (primary N) is 1. The van der Waals surface area contributed by atoms with E-state index in [1.807, 2.05) is 40.4 Å². The molecule has 1 aromatic heterocycles. The Labute approximate surface area is 163 Å². The van der Waals surface area contributed by atoms with Crippen molar-refractivity contribution in [2.45, 2.75) is 13.8 Å². The van der Waals surface area contributed by atoms with Crippen molar-refractivity contribution in [3.63, 3.8) is 0 Å². The maximum absolute atomic E-state index is 6.48. The molecule has 0 amide bonds. The molecular formula is C19H19N4Se2. The first-order chi connectivity index (χ1) is 11.9. The minimum absolute atomic E-state index is 0.643. The number of hydrogen-bond acceptors (Lipinski definition) is 2. The zero-order valence-corrected chi connectivity index (χ0v) is 17.8. The Morgan fingerprint density at radius 3 is 2.04 bits per heavy atom. The average Bonchev–Trinajstić information content (AvgIpc) is 2.80. The van der Waals surface area contributed by atoms with E-state index < -0.39 is 0 Å². The van der Waals surface area contributed by atoms with Gasteiger partial charge in [0.25, 0.3) is 0 Å². The summed E-state index contributed by atoms with van der Waals surface area (Å²) >= 11 is 6.18. The van der Waals surface area contributed by atoms with E-state index in [-0.39, 0.29) is 0 Å². The molecule has 127 valence electrons. The number of benzene rings is 2. The SMILES string of the molecule is Cc1ccc(N=C([Se])c2c(N)n(-c3ccc(C)cc3)c(=[Se])n2C)cc1. The summed E-state index contributed by atoms with van der Waals surface area (Å²) in [7, 11) is 1.98. The fraction of sp³-hybridized carbons (Fsp3) is 0.158. The standard InChI is InChI=1S/C19H19N4Se2/c1-12-4-8-14(9-5-12)21-18(24)16-17(20)23(19(25)22(16)3)15-10-6-13(2)7-11-15/h4-11H,20H2,1-3H3. The summed E-state index contributed by atoms with van der Waals surface area (Å²) in [6.07, 6.45) is 0. The summed E-state index contributed by atoms with van der Waals surface area (Å²) in [5.41, 5.74) is 11.7. The van der Waals surface area contributed by atoms with Gasteiger partial charge in [0.05, 0.1) is 0 Å². The van der Waals surface area contributed by atoms with Gasteiger partial charge in [-0.3, -0.25) is 0 Å². The topological polar surface area (TPSA) is 48.2 Å². The summed E-state index contributed by atoms with van der Waals surface area (Å²) in [6.45, 7) is 4.13. The van der Waals surface area contributed by atoms with Gasteiger partial charge in [-0.2, -0.15) is 0 Å². The zero-order valence-electron chi connectivity index (χ0n) is 14.4. The first kappa shape index (κ1) is 18.0. The molecule has 0 aliphatic rings. The third-order valence-electron chi connectivity index (χ3n) is 4.06. The molecule has 0 saturated heterocycles. The van der Waals surface area contributed by atoms with Crippen LogP contribution in [0.25, 0.3) is 5.69 Å². The second-order valence-electron chi connectivity index (χ2n) is 6.00. The normalized spacial score (nSPS) is 11.7. The minimum atomic E-state index is 0.643. The van der Waals surface area contributed by atoms with Crippen LogP contribution in [0.5, 0.6) is 0 Å². The van der Waals surface area contributed by atoms with E-state index >= 15 is 0 Å². The number of aryl methyl sites for hydroxylation is 2. The Hall–Kier alpha value is -1.84. The van der Waals surface area contributed by atoms with Crippen LogP contribution in [-0.4, -0.2) is 45.3 Å². The first-order valence-electron chi connectivity index (χ1n) is 7.85. The molecule has 0 aliphatic heterocycles. The fourth-order valence-electron chi connectivity index (χ4n) is 2.61. The van der Waals surface area contributed by atoms with Crippen LogP contribution in [0.15, 0.2) is 53.5 Å². The maximum atomic E-state index is 6.48. The monoisotopic (exact) mass is 463 g/mol. The van der Waals surface area contributed by atoms with Gasteiger partial charge in [0.15, 0.2) is 0 Å². The quantitative estimate of drug-likeness (QED) is 0.474. The van der Waals surface area contributed by atoms with Crippen molar-refractivity contribution >= 4 is 47.7 Å². The molecule has 2 N–H and O–H groups in total. The molecule has 4 nitrogen and oxygen atoms in total. The fourth-order valence-corrected chi connectivity index (χ4v) is 3.96. The van der Waals surface area contributed by atoms with Gasteiger partial charge >= 0.3 is 164 Å². The van der Waals surface area contributed by atoms with Crippen LogP contribution in [-0.2, 0) is 7.05 Å². The Bertz CT molecular complexity index is 994. The van der Waals surface area contributed by atoms with Crippen molar-refractivity contribution < 1.29 is 0 Å². The van der Waals surface area contributed by atoms with Gasteiger partial charge in [0.1, 0.15) is 0 Å². The molecule has 0 atom stereocenters. The number of aromatic nitrogens is 2. The molecule has 0 unspecified atom stereocenters. The number of anilines is 1. The van der Waals surface area contributed by atoms with Gasteiger partial charge in [0, 0.05) is 0 Å². The summed E-state index contributed by atoms with van der Waals surface area (Å²) in [6, 6.07) is 16.4. The van der Waals surface area contributed by atoms with Crippen molar-refractivity contribution in [1.82, 2.24) is 9.13 Å². The second kappa shape index (κ2) is 7.18. The van der Waals surface area contributed by atoms with Gasteiger partial charge in [0.2, 0.25) is 0 Å². The molecule has 0 spiro atoms. The molecule has 0 aliphatic carbocycles. The summed E-state index contributed by atoms with van der Waals surface area (Å²) in [5.74, 6) is 0.643. The van der Waals surface area contributed by atoms with Gasteiger partial charge in [-0.1, -0.05) is 0 Å². The number of aliphatic imine (C=N–C) groups is 1. The molecule has 3 rings (SSSR count). The Morgan fingerprint density at radius 2 is 1.48 bits per heavy atom. The third kappa shape index (κ3) is 3.58. The average molecular weight is 461 g/mol. The van der Waals surface area contributed by atoms with E-state index in [0.717, 1.165) is 26.0 Å². The number of nitrogens with zero attached hydrogens (tertiary/aromatic N) is 3. The molecular weight excluding hydrogens is 442 g/mol. The Balaban J connectivity index is 2.11. The number of nitrogen functional groups attached to an aromatic ring is 1. The van der Waals surface area contributed by atoms with Crippen LogP contribution in [0.2, 0.25) is 0 Å². The molecule has 25 heavy (non-hydrogen) atoms. The van der Waals surface area contributed by atoms with E-state index in [9.17, 15) is 0 Å². The van der Waals surface area contributed by atoms with Gasteiger partial charge in [-0.05, 0) is 0 Å². The van der Waals surface area contributed by atoms with Gasteiger partial charge in [-0.15, -0.1) is 0 Å². The molecule has 0 bridgehead atoms. The van der Waals surface area contributed by atoms with Crippen LogP contribution in [0.3, 0.4) is 0 Å². The van der Waals surface area contributed by atoms with Crippen LogP contribution in [0, 0.1) is 18.2 Å². The number of hydrogen-bond donors (Lipinski definition) is 1. The number of imidazole rings is 1. The van der Waals surface area contributed by atoms with Crippen LogP contribution < -0.4 is 5.73 Å². The van der Waals surface area contributed by atoms with Gasteiger partial charge < -0.3 is 0 Å². The first-order valence-corrected chi connectivity index (χ1v) is 9.57. The van der Waals surface area contributed by atoms with E-state index in [0.29, 0.717) is 5.82 Å². The van der Waals surface area contributed by atoms with Gasteiger partial charge in [-0.25, -0.2) is 0 Å². The van der Waals surface area contributed by atoms with Crippen molar-refractivity contribution in [2.24, 2.45) is 12.0 Å². The van der Waals surface area contributed by atoms with Crippen molar-refractivity contribution in [1.29, 1.82) is 0 Å². The zero-order chi connectivity index (χ0) is 18.1.